The highest BCUT2D eigenvalue weighted by Crippen LogP contribution is 2.38. The van der Waals surface area contributed by atoms with Crippen LogP contribution in [0.15, 0.2) is 17.2 Å². The van der Waals surface area contributed by atoms with Gasteiger partial charge in [-0.3, -0.25) is 9.69 Å². The molecule has 1 amide bonds. The Bertz CT molecular complexity index is 495. The smallest absolute Gasteiger partial charge is 0.246 e. The maximum absolute atomic E-state index is 11.7. The molecule has 2 aliphatic rings. The fourth-order valence-corrected chi connectivity index (χ4v) is 2.36. The highest BCUT2D eigenvalue weighted by atomic mass is 16.5. The Hall–Kier alpha value is -1.69. The highest BCUT2D eigenvalue weighted by Gasteiger charge is 2.34. The third-order valence-corrected chi connectivity index (χ3v) is 3.82. The van der Waals surface area contributed by atoms with Gasteiger partial charge in [-0.15, -0.1) is 0 Å². The lowest BCUT2D eigenvalue weighted by Crippen LogP contribution is -2.48. The molecule has 1 aliphatic heterocycles. The maximum atomic E-state index is 11.7. The lowest BCUT2D eigenvalue weighted by Gasteiger charge is -2.37. The first-order chi connectivity index (χ1) is 9.19. The molecule has 0 spiro atoms. The standard InChI is InChI=1S/C13H18N4O2/c1-3-11(18)17-7-6-16(2)10(8-17)13-14-12(15-19-13)9-4-5-9/h3,9-10H,1,4-8H2,2H3. The third kappa shape index (κ3) is 2.40. The van der Waals surface area contributed by atoms with Crippen LogP contribution in [0.4, 0.5) is 0 Å². The minimum Gasteiger partial charge on any atom is -0.338 e. The minimum atomic E-state index is -0.0416. The number of amides is 1. The van der Waals surface area contributed by atoms with E-state index in [1.54, 1.807) is 4.90 Å². The first-order valence-electron chi connectivity index (χ1n) is 6.64. The zero-order valence-corrected chi connectivity index (χ0v) is 11.1. The lowest BCUT2D eigenvalue weighted by atomic mass is 10.1. The molecule has 1 aromatic rings. The van der Waals surface area contributed by atoms with Crippen molar-refractivity contribution in [3.63, 3.8) is 0 Å². The van der Waals surface area contributed by atoms with E-state index in [2.05, 4.69) is 21.6 Å². The molecule has 1 saturated heterocycles. The third-order valence-electron chi connectivity index (χ3n) is 3.82. The number of aromatic nitrogens is 2. The Labute approximate surface area is 112 Å². The van der Waals surface area contributed by atoms with E-state index in [9.17, 15) is 4.79 Å². The number of nitrogens with zero attached hydrogens (tertiary/aromatic N) is 4. The fraction of sp³-hybridized carbons (Fsp3) is 0.615. The van der Waals surface area contributed by atoms with Crippen molar-refractivity contribution in [1.29, 1.82) is 0 Å². The van der Waals surface area contributed by atoms with Crippen molar-refractivity contribution < 1.29 is 9.32 Å². The monoisotopic (exact) mass is 262 g/mol. The molecular formula is C13H18N4O2. The van der Waals surface area contributed by atoms with Crippen LogP contribution in [0, 0.1) is 0 Å². The number of hydrogen-bond acceptors (Lipinski definition) is 5. The summed E-state index contributed by atoms with van der Waals surface area (Å²) in [5.41, 5.74) is 0. The second-order valence-corrected chi connectivity index (χ2v) is 5.25. The molecule has 2 heterocycles. The van der Waals surface area contributed by atoms with Crippen LogP contribution >= 0.6 is 0 Å². The van der Waals surface area contributed by atoms with Gasteiger partial charge in [0.2, 0.25) is 11.8 Å². The molecule has 1 unspecified atom stereocenters. The van der Waals surface area contributed by atoms with Crippen molar-refractivity contribution >= 4 is 5.91 Å². The second kappa shape index (κ2) is 4.77. The number of likely N-dealkylation sites (N-methyl/N-ethyl adjacent to an activating group) is 1. The Kier molecular flexibility index (Phi) is 3.10. The molecule has 6 heteroatoms. The van der Waals surface area contributed by atoms with Crippen LogP contribution in [-0.4, -0.2) is 52.5 Å². The van der Waals surface area contributed by atoms with Gasteiger partial charge in [-0.2, -0.15) is 4.98 Å². The second-order valence-electron chi connectivity index (χ2n) is 5.25. The molecule has 0 bridgehead atoms. The fourth-order valence-electron chi connectivity index (χ4n) is 2.36. The molecule has 0 aromatic carbocycles. The van der Waals surface area contributed by atoms with Crippen LogP contribution in [0.3, 0.4) is 0 Å². The summed E-state index contributed by atoms with van der Waals surface area (Å²) in [5.74, 6) is 1.87. The average molecular weight is 262 g/mol. The lowest BCUT2D eigenvalue weighted by molar-refractivity contribution is -0.129. The first kappa shape index (κ1) is 12.3. The van der Waals surface area contributed by atoms with Crippen molar-refractivity contribution in [2.24, 2.45) is 0 Å². The molecule has 102 valence electrons. The summed E-state index contributed by atoms with van der Waals surface area (Å²) in [4.78, 5) is 20.1. The van der Waals surface area contributed by atoms with Gasteiger partial charge in [0.15, 0.2) is 5.82 Å². The summed E-state index contributed by atoms with van der Waals surface area (Å²) in [6.07, 6.45) is 3.66. The SMILES string of the molecule is C=CC(=O)N1CCN(C)C(c2nc(C3CC3)no2)C1. The predicted octanol–water partition coefficient (Wildman–Crippen LogP) is 0.948. The van der Waals surface area contributed by atoms with Crippen LogP contribution < -0.4 is 0 Å². The van der Waals surface area contributed by atoms with Crippen molar-refractivity contribution in [2.45, 2.75) is 24.8 Å². The number of hydrogen-bond donors (Lipinski definition) is 0. The summed E-state index contributed by atoms with van der Waals surface area (Å²) >= 11 is 0. The van der Waals surface area contributed by atoms with Crippen LogP contribution in [0.2, 0.25) is 0 Å². The normalized spacial score (nSPS) is 24.5. The Morgan fingerprint density at radius 1 is 1.47 bits per heavy atom. The Morgan fingerprint density at radius 2 is 2.26 bits per heavy atom. The molecule has 1 atom stereocenters. The van der Waals surface area contributed by atoms with Crippen molar-refractivity contribution in [2.75, 3.05) is 26.7 Å². The van der Waals surface area contributed by atoms with Crippen LogP contribution in [0.25, 0.3) is 0 Å². The summed E-state index contributed by atoms with van der Waals surface area (Å²) in [5, 5.41) is 4.04. The summed E-state index contributed by atoms with van der Waals surface area (Å²) in [6, 6.07) is -0.0161. The van der Waals surface area contributed by atoms with E-state index in [1.807, 2.05) is 7.05 Å². The quantitative estimate of drug-likeness (QED) is 0.759. The minimum absolute atomic E-state index is 0.0161. The highest BCUT2D eigenvalue weighted by molar-refractivity contribution is 5.87. The van der Waals surface area contributed by atoms with Crippen molar-refractivity contribution in [3.05, 3.63) is 24.4 Å². The van der Waals surface area contributed by atoms with E-state index >= 15 is 0 Å². The summed E-state index contributed by atoms with van der Waals surface area (Å²) < 4.78 is 5.37. The average Bonchev–Trinajstić information content (AvgIpc) is 3.17. The molecule has 3 rings (SSSR count). The number of carbonyl (C=O) groups excluding carboxylic acids is 1. The van der Waals surface area contributed by atoms with Gasteiger partial charge in [-0.1, -0.05) is 11.7 Å². The Morgan fingerprint density at radius 3 is 2.95 bits per heavy atom. The zero-order chi connectivity index (χ0) is 13.4. The molecule has 0 N–H and O–H groups in total. The van der Waals surface area contributed by atoms with Crippen LogP contribution in [0.5, 0.6) is 0 Å². The van der Waals surface area contributed by atoms with E-state index in [1.165, 1.54) is 6.08 Å². The van der Waals surface area contributed by atoms with E-state index in [-0.39, 0.29) is 11.9 Å². The molecule has 0 radical (unpaired) electrons. The first-order valence-corrected chi connectivity index (χ1v) is 6.64. The van der Waals surface area contributed by atoms with Gasteiger partial charge in [0.25, 0.3) is 0 Å². The molecule has 19 heavy (non-hydrogen) atoms. The molecular weight excluding hydrogens is 244 g/mol. The van der Waals surface area contributed by atoms with Gasteiger partial charge < -0.3 is 9.42 Å². The predicted molar refractivity (Wildman–Crippen MR) is 68.4 cm³/mol. The zero-order valence-electron chi connectivity index (χ0n) is 11.1. The molecule has 1 aromatic heterocycles. The Balaban J connectivity index is 1.76. The van der Waals surface area contributed by atoms with Crippen molar-refractivity contribution in [3.8, 4) is 0 Å². The largest absolute Gasteiger partial charge is 0.338 e. The molecule has 6 nitrogen and oxygen atoms in total. The van der Waals surface area contributed by atoms with Gasteiger partial charge in [0, 0.05) is 25.6 Å². The van der Waals surface area contributed by atoms with Gasteiger partial charge in [0.1, 0.15) is 6.04 Å². The van der Waals surface area contributed by atoms with Crippen LogP contribution in [-0.2, 0) is 4.79 Å². The summed E-state index contributed by atoms with van der Waals surface area (Å²) in [7, 11) is 2.02. The van der Waals surface area contributed by atoms with Crippen molar-refractivity contribution in [1.82, 2.24) is 19.9 Å². The van der Waals surface area contributed by atoms with Crippen LogP contribution in [0.1, 0.15) is 36.5 Å². The van der Waals surface area contributed by atoms with E-state index < -0.39 is 0 Å². The van der Waals surface area contributed by atoms with E-state index in [4.69, 9.17) is 4.52 Å². The van der Waals surface area contributed by atoms with E-state index in [0.29, 0.717) is 24.9 Å². The van der Waals surface area contributed by atoms with Gasteiger partial charge >= 0.3 is 0 Å². The molecule has 1 aliphatic carbocycles. The number of piperazine rings is 1. The van der Waals surface area contributed by atoms with Gasteiger partial charge in [-0.05, 0) is 26.0 Å². The number of carbonyl (C=O) groups is 1. The topological polar surface area (TPSA) is 62.5 Å². The summed E-state index contributed by atoms with van der Waals surface area (Å²) in [6.45, 7) is 5.62. The molecule has 1 saturated carbocycles. The maximum Gasteiger partial charge on any atom is 0.246 e. The van der Waals surface area contributed by atoms with E-state index in [0.717, 1.165) is 25.2 Å². The van der Waals surface area contributed by atoms with Gasteiger partial charge in [0.05, 0.1) is 0 Å². The van der Waals surface area contributed by atoms with Gasteiger partial charge in [-0.25, -0.2) is 0 Å². The molecule has 2 fully saturated rings. The number of rotatable bonds is 3.